The van der Waals surface area contributed by atoms with Gasteiger partial charge in [-0.1, -0.05) is 36.7 Å². The van der Waals surface area contributed by atoms with Crippen molar-refractivity contribution in [2.45, 2.75) is 45.4 Å². The number of pyridine rings is 1. The number of hydrogen-bond acceptors (Lipinski definition) is 5. The molecular weight excluding hydrogens is 426 g/mol. The molecule has 2 unspecified atom stereocenters. The lowest BCUT2D eigenvalue weighted by atomic mass is 10.0. The van der Waals surface area contributed by atoms with Crippen LogP contribution >= 0.6 is 11.6 Å². The predicted octanol–water partition coefficient (Wildman–Crippen LogP) is 3.68. The van der Waals surface area contributed by atoms with Crippen molar-refractivity contribution in [3.05, 3.63) is 81.9 Å². The number of nitrogens with zero attached hydrogens (tertiary/aromatic N) is 3. The lowest BCUT2D eigenvalue weighted by molar-refractivity contribution is 0.0783. The molecular formula is C24H30ClN5O2. The quantitative estimate of drug-likeness (QED) is 0.405. The van der Waals surface area contributed by atoms with E-state index in [0.29, 0.717) is 23.8 Å². The minimum Gasteiger partial charge on any atom is -0.387 e. The number of amides is 1. The molecule has 3 rings (SSSR count). The number of aromatic amines is 1. The second-order valence-electron chi connectivity index (χ2n) is 8.05. The molecule has 0 bridgehead atoms. The Balaban J connectivity index is 1.52. The van der Waals surface area contributed by atoms with Crippen LogP contribution in [0.3, 0.4) is 0 Å². The van der Waals surface area contributed by atoms with Gasteiger partial charge in [0.05, 0.1) is 18.3 Å². The van der Waals surface area contributed by atoms with E-state index in [1.165, 1.54) is 0 Å². The zero-order valence-corrected chi connectivity index (χ0v) is 19.4. The topological polar surface area (TPSA) is 94.1 Å². The Morgan fingerprint density at radius 2 is 2.00 bits per heavy atom. The van der Waals surface area contributed by atoms with E-state index in [0.717, 1.165) is 35.4 Å². The van der Waals surface area contributed by atoms with E-state index in [1.807, 2.05) is 37.3 Å². The van der Waals surface area contributed by atoms with E-state index >= 15 is 0 Å². The molecule has 7 nitrogen and oxygen atoms in total. The lowest BCUT2D eigenvalue weighted by Crippen LogP contribution is -2.34. The van der Waals surface area contributed by atoms with Gasteiger partial charge in [0.15, 0.2) is 0 Å². The Kier molecular flexibility index (Phi) is 8.39. The number of hydrogen-bond donors (Lipinski definition) is 3. The molecule has 1 aromatic carbocycles. The van der Waals surface area contributed by atoms with Crippen LogP contribution in [0.4, 0.5) is 0 Å². The summed E-state index contributed by atoms with van der Waals surface area (Å²) in [5.74, 6) is -0.0398. The van der Waals surface area contributed by atoms with E-state index in [4.69, 9.17) is 11.6 Å². The molecule has 0 fully saturated rings. The summed E-state index contributed by atoms with van der Waals surface area (Å²) in [6, 6.07) is 13.3. The summed E-state index contributed by atoms with van der Waals surface area (Å²) < 4.78 is 0. The molecule has 0 aliphatic heterocycles. The third-order valence-corrected chi connectivity index (χ3v) is 5.64. The third-order valence-electron chi connectivity index (χ3n) is 5.42. The summed E-state index contributed by atoms with van der Waals surface area (Å²) >= 11 is 5.81. The molecule has 3 N–H and O–H groups in total. The van der Waals surface area contributed by atoms with Crippen LogP contribution in [0.2, 0.25) is 5.15 Å². The number of rotatable bonds is 10. The van der Waals surface area contributed by atoms with Crippen molar-refractivity contribution >= 4 is 17.5 Å². The van der Waals surface area contributed by atoms with Crippen molar-refractivity contribution < 1.29 is 9.90 Å². The van der Waals surface area contributed by atoms with Crippen LogP contribution in [0, 0.1) is 6.92 Å². The Hall–Kier alpha value is -2.74. The van der Waals surface area contributed by atoms with Gasteiger partial charge in [0.2, 0.25) is 0 Å². The molecule has 0 saturated carbocycles. The largest absolute Gasteiger partial charge is 0.387 e. The molecule has 2 aromatic heterocycles. The normalized spacial score (nSPS) is 13.0. The summed E-state index contributed by atoms with van der Waals surface area (Å²) in [5, 5.41) is 21.3. The maximum Gasteiger partial charge on any atom is 0.253 e. The van der Waals surface area contributed by atoms with Gasteiger partial charge in [-0.05, 0) is 49.6 Å². The summed E-state index contributed by atoms with van der Waals surface area (Å²) in [5.41, 5.74) is 4.32. The Morgan fingerprint density at radius 1 is 1.25 bits per heavy atom. The molecule has 170 valence electrons. The molecule has 32 heavy (non-hydrogen) atoms. The number of carbonyl (C=O) groups is 1. The molecule has 2 heterocycles. The summed E-state index contributed by atoms with van der Waals surface area (Å²) in [7, 11) is 1.78. The molecule has 2 atom stereocenters. The van der Waals surface area contributed by atoms with E-state index < -0.39 is 6.10 Å². The molecule has 1 amide bonds. The highest BCUT2D eigenvalue weighted by Gasteiger charge is 2.15. The number of aliphatic hydroxyl groups is 1. The lowest BCUT2D eigenvalue weighted by Gasteiger charge is -2.20. The number of benzene rings is 1. The van der Waals surface area contributed by atoms with E-state index in [9.17, 15) is 9.90 Å². The predicted molar refractivity (Wildman–Crippen MR) is 126 cm³/mol. The maximum atomic E-state index is 12.7. The highest BCUT2D eigenvalue weighted by atomic mass is 35.5. The number of carbonyl (C=O) groups excluding carboxylic acids is 1. The van der Waals surface area contributed by atoms with E-state index in [1.54, 1.807) is 30.3 Å². The zero-order valence-electron chi connectivity index (χ0n) is 18.7. The van der Waals surface area contributed by atoms with Gasteiger partial charge in [-0.15, -0.1) is 0 Å². The smallest absolute Gasteiger partial charge is 0.253 e. The number of aryl methyl sites for hydroxylation is 1. The van der Waals surface area contributed by atoms with Gasteiger partial charge in [-0.25, -0.2) is 4.98 Å². The van der Waals surface area contributed by atoms with Gasteiger partial charge in [-0.2, -0.15) is 5.10 Å². The van der Waals surface area contributed by atoms with Crippen LogP contribution in [0.15, 0.2) is 48.7 Å². The SMILES string of the molecule is CCC(Cc1ccc(C(=O)N(C)Cc2cc(C)[nH]n2)cc1)NCC(O)c1ccc(Cl)nc1. The molecule has 3 aromatic rings. The summed E-state index contributed by atoms with van der Waals surface area (Å²) in [4.78, 5) is 18.4. The van der Waals surface area contributed by atoms with Gasteiger partial charge in [0, 0.05) is 42.7 Å². The second-order valence-corrected chi connectivity index (χ2v) is 8.44. The van der Waals surface area contributed by atoms with Gasteiger partial charge in [0.25, 0.3) is 5.91 Å². The first-order valence-corrected chi connectivity index (χ1v) is 11.1. The molecule has 0 aliphatic rings. The van der Waals surface area contributed by atoms with Crippen molar-refractivity contribution in [2.75, 3.05) is 13.6 Å². The fraction of sp³-hybridized carbons (Fsp3) is 0.375. The fourth-order valence-corrected chi connectivity index (χ4v) is 3.61. The maximum absolute atomic E-state index is 12.7. The first-order valence-electron chi connectivity index (χ1n) is 10.7. The van der Waals surface area contributed by atoms with Crippen LogP contribution in [-0.4, -0.2) is 50.7 Å². The zero-order chi connectivity index (χ0) is 23.1. The standard InChI is InChI=1S/C24H30ClN5O2/c1-4-20(26-14-22(31)19-9-10-23(25)27-13-19)12-17-5-7-18(8-6-17)24(32)30(3)15-21-11-16(2)28-29-21/h5-11,13,20,22,26,31H,4,12,14-15H2,1-3H3,(H,28,29). The van der Waals surface area contributed by atoms with E-state index in [2.05, 4.69) is 27.4 Å². The van der Waals surface area contributed by atoms with Gasteiger partial charge < -0.3 is 15.3 Å². The van der Waals surface area contributed by atoms with Crippen LogP contribution in [0.1, 0.15) is 52.3 Å². The van der Waals surface area contributed by atoms with E-state index in [-0.39, 0.29) is 11.9 Å². The highest BCUT2D eigenvalue weighted by Crippen LogP contribution is 2.15. The van der Waals surface area contributed by atoms with Gasteiger partial charge in [0.1, 0.15) is 5.15 Å². The van der Waals surface area contributed by atoms with Crippen molar-refractivity contribution in [3.63, 3.8) is 0 Å². The number of halogens is 1. The minimum atomic E-state index is -0.650. The van der Waals surface area contributed by atoms with Crippen molar-refractivity contribution in [1.29, 1.82) is 0 Å². The van der Waals surface area contributed by atoms with Crippen molar-refractivity contribution in [2.24, 2.45) is 0 Å². The molecule has 0 spiro atoms. The third kappa shape index (κ3) is 6.63. The molecule has 8 heteroatoms. The van der Waals surface area contributed by atoms with Crippen LogP contribution in [0.5, 0.6) is 0 Å². The minimum absolute atomic E-state index is 0.0398. The monoisotopic (exact) mass is 455 g/mol. The Labute approximate surface area is 193 Å². The first-order chi connectivity index (χ1) is 15.4. The Bertz CT molecular complexity index is 1000. The van der Waals surface area contributed by atoms with Crippen LogP contribution in [0.25, 0.3) is 0 Å². The molecule has 0 aliphatic carbocycles. The summed E-state index contributed by atoms with van der Waals surface area (Å²) in [6.07, 6.45) is 2.66. The van der Waals surface area contributed by atoms with Crippen molar-refractivity contribution in [1.82, 2.24) is 25.4 Å². The molecule has 0 radical (unpaired) electrons. The fourth-order valence-electron chi connectivity index (χ4n) is 3.50. The average molecular weight is 456 g/mol. The number of H-pyrrole nitrogens is 1. The molecule has 0 saturated heterocycles. The second kappa shape index (κ2) is 11.2. The number of aliphatic hydroxyl groups excluding tert-OH is 1. The van der Waals surface area contributed by atoms with Gasteiger partial charge >= 0.3 is 0 Å². The van der Waals surface area contributed by atoms with Crippen LogP contribution < -0.4 is 5.32 Å². The number of aromatic nitrogens is 3. The van der Waals surface area contributed by atoms with Gasteiger partial charge in [-0.3, -0.25) is 9.89 Å². The highest BCUT2D eigenvalue weighted by molar-refractivity contribution is 6.29. The average Bonchev–Trinajstić information content (AvgIpc) is 3.21. The Morgan fingerprint density at radius 3 is 2.59 bits per heavy atom. The van der Waals surface area contributed by atoms with Crippen molar-refractivity contribution in [3.8, 4) is 0 Å². The summed E-state index contributed by atoms with van der Waals surface area (Å²) in [6.45, 7) is 4.93. The number of nitrogens with one attached hydrogen (secondary N) is 2. The van der Waals surface area contributed by atoms with Crippen LogP contribution in [-0.2, 0) is 13.0 Å². The first kappa shape index (κ1) is 23.9.